The Labute approximate surface area is 367 Å². The van der Waals surface area contributed by atoms with Crippen molar-refractivity contribution in [2.75, 3.05) is 32.9 Å². The number of nitrogens with one attached hydrogen (secondary N) is 4. The molecular formula is C38H63N5O21. The lowest BCUT2D eigenvalue weighted by Gasteiger charge is -2.50. The van der Waals surface area contributed by atoms with Crippen molar-refractivity contribution in [1.29, 1.82) is 0 Å². The van der Waals surface area contributed by atoms with E-state index in [4.69, 9.17) is 48.4 Å². The second-order valence-electron chi connectivity index (χ2n) is 15.7. The molecule has 0 saturated carbocycles. The van der Waals surface area contributed by atoms with Crippen LogP contribution in [0.1, 0.15) is 54.4 Å². The molecule has 4 aliphatic rings. The van der Waals surface area contributed by atoms with Gasteiger partial charge in [0.25, 0.3) is 0 Å². The summed E-state index contributed by atoms with van der Waals surface area (Å²) in [4.78, 5) is 61.4. The number of hydrogen-bond donors (Lipinski definition) is 12. The molecule has 18 atom stereocenters. The van der Waals surface area contributed by atoms with Crippen LogP contribution in [0.2, 0.25) is 0 Å². The van der Waals surface area contributed by atoms with E-state index in [0.29, 0.717) is 13.0 Å². The molecule has 4 amide bonds. The van der Waals surface area contributed by atoms with Gasteiger partial charge in [-0.1, -0.05) is 0 Å². The van der Waals surface area contributed by atoms with Gasteiger partial charge in [0.05, 0.1) is 32.0 Å². The van der Waals surface area contributed by atoms with Crippen molar-refractivity contribution in [2.45, 2.75) is 165 Å². The molecule has 4 heterocycles. The summed E-state index contributed by atoms with van der Waals surface area (Å²) in [6.07, 6.45) is -24.1. The Kier molecular flexibility index (Phi) is 19.8. The summed E-state index contributed by atoms with van der Waals surface area (Å²) in [7, 11) is 0. The summed E-state index contributed by atoms with van der Waals surface area (Å²) < 4.78 is 53.1. The Bertz CT molecular complexity index is 1630. The molecule has 0 aromatic carbocycles. The topological polar surface area (TPSA) is 384 Å². The van der Waals surface area contributed by atoms with Crippen molar-refractivity contribution < 1.29 is 102 Å². The minimum absolute atomic E-state index is 0.0288. The number of aliphatic carboxylic acids is 1. The lowest BCUT2D eigenvalue weighted by Crippen LogP contribution is -2.70. The third-order valence-corrected chi connectivity index (χ3v) is 10.6. The summed E-state index contributed by atoms with van der Waals surface area (Å²) in [5, 5.41) is 86.4. The molecule has 0 aromatic heterocycles. The first-order valence-electron chi connectivity index (χ1n) is 20.8. The number of carboxylic acids is 1. The van der Waals surface area contributed by atoms with Gasteiger partial charge in [0.1, 0.15) is 67.0 Å². The molecular weight excluding hydrogens is 862 g/mol. The average molecular weight is 926 g/mol. The van der Waals surface area contributed by atoms with Crippen LogP contribution in [0, 0.1) is 0 Å². The number of aliphatic hydroxyl groups excluding tert-OH is 6. The normalized spacial score (nSPS) is 37.9. The number of carboxylic acid groups (broad SMARTS) is 1. The van der Waals surface area contributed by atoms with Crippen LogP contribution in [-0.4, -0.2) is 209 Å². The Hall–Kier alpha value is -3.87. The smallest absolute Gasteiger partial charge is 0.335 e. The lowest BCUT2D eigenvalue weighted by molar-refractivity contribution is -0.366. The van der Waals surface area contributed by atoms with Crippen LogP contribution in [0.25, 0.3) is 0 Å². The quantitative estimate of drug-likeness (QED) is 0.0511. The van der Waals surface area contributed by atoms with E-state index in [2.05, 4.69) is 21.3 Å². The van der Waals surface area contributed by atoms with Gasteiger partial charge in [0.15, 0.2) is 42.8 Å². The van der Waals surface area contributed by atoms with Crippen molar-refractivity contribution in [3.63, 3.8) is 0 Å². The van der Waals surface area contributed by atoms with Gasteiger partial charge in [-0.05, 0) is 33.7 Å². The van der Waals surface area contributed by atoms with Crippen LogP contribution in [0.15, 0.2) is 11.5 Å². The molecule has 13 N–H and O–H groups in total. The highest BCUT2D eigenvalue weighted by atomic mass is 16.8. The van der Waals surface area contributed by atoms with Crippen molar-refractivity contribution in [1.82, 2.24) is 21.3 Å². The number of aliphatic hydroxyl groups is 6. The summed E-state index contributed by atoms with van der Waals surface area (Å²) in [6.45, 7) is 8.30. The van der Waals surface area contributed by atoms with Crippen LogP contribution in [0.4, 0.5) is 0 Å². The number of amides is 4. The largest absolute Gasteiger partial charge is 0.506 e. The minimum Gasteiger partial charge on any atom is -0.506 e. The molecule has 0 aliphatic carbocycles. The van der Waals surface area contributed by atoms with E-state index in [1.807, 2.05) is 0 Å². The number of hydrogen-bond acceptors (Lipinski definition) is 21. The zero-order chi connectivity index (χ0) is 47.6. The van der Waals surface area contributed by atoms with Gasteiger partial charge >= 0.3 is 5.97 Å². The van der Waals surface area contributed by atoms with Gasteiger partial charge in [-0.3, -0.25) is 19.2 Å². The molecule has 0 radical (unpaired) electrons. The van der Waals surface area contributed by atoms with Crippen molar-refractivity contribution in [3.8, 4) is 0 Å². The summed E-state index contributed by atoms with van der Waals surface area (Å²) in [6, 6.07) is -4.42. The van der Waals surface area contributed by atoms with E-state index in [-0.39, 0.29) is 38.7 Å². The highest BCUT2D eigenvalue weighted by Crippen LogP contribution is 2.35. The first-order chi connectivity index (χ1) is 30.2. The first-order valence-corrected chi connectivity index (χ1v) is 20.8. The molecule has 0 aromatic rings. The standard InChI is InChI=1S/C38H63N5O21/c1-14-24(48)27(51)21(41-17(4)44)36(59-14)64-33-29(53)28(52)32(34(54)55)63-38(33)62-31-23(43-19(6)46)37(60-16(3)26(31)50)61-30-22(42-18(5)45)35(58-15(2)25(30)49)57-13-12-56-11-10-40-20(47)8-7-9-39/h14-16,21-23,25-26,28-33,35-38,48-53H,7-13,39H2,1-6H3,(H,40,47)(H,41,44)(H,42,45)(H,43,46)(H,54,55)/t14?,15?,16?,21?,22?,23?,25-,26+,28-,29?,30?,31?,32?,33?,35+,36-,37-,38+/m0/s1. The fraction of sp³-hybridized carbons (Fsp3) is 0.816. The monoisotopic (exact) mass is 925 g/mol. The molecule has 64 heavy (non-hydrogen) atoms. The van der Waals surface area contributed by atoms with Crippen molar-refractivity contribution >= 4 is 29.6 Å². The summed E-state index contributed by atoms with van der Waals surface area (Å²) >= 11 is 0. The van der Waals surface area contributed by atoms with Crippen LogP contribution in [0.3, 0.4) is 0 Å². The maximum atomic E-state index is 12.8. The van der Waals surface area contributed by atoms with E-state index in [9.17, 15) is 59.7 Å². The molecule has 3 saturated heterocycles. The zero-order valence-corrected chi connectivity index (χ0v) is 36.3. The Morgan fingerprint density at radius 2 is 1.19 bits per heavy atom. The fourth-order valence-corrected chi connectivity index (χ4v) is 7.39. The maximum absolute atomic E-state index is 12.8. The van der Waals surface area contributed by atoms with Gasteiger partial charge in [-0.2, -0.15) is 0 Å². The molecule has 4 aliphatic heterocycles. The maximum Gasteiger partial charge on any atom is 0.335 e. The molecule has 11 unspecified atom stereocenters. The second kappa shape index (κ2) is 24.1. The Morgan fingerprint density at radius 1 is 0.641 bits per heavy atom. The number of nitrogens with two attached hydrogens (primary N) is 1. The molecule has 26 nitrogen and oxygen atoms in total. The van der Waals surface area contributed by atoms with Gasteiger partial charge in [-0.15, -0.1) is 0 Å². The SMILES string of the molecule is CC(=O)NC1C(O)=C(O)C(C)O[C@H]1OC1C(O)[C@H](O)C(C(=O)O)O[C@H]1OC1C(NC(C)=O)[C@H](OC2C(NC(C)=O)[C@H](OCCOCCNC(=O)CCCN)OC(C)[C@@H]2O)OC(C)[C@H]1O. The summed E-state index contributed by atoms with van der Waals surface area (Å²) in [5.74, 6) is -5.39. The number of rotatable bonds is 20. The fourth-order valence-electron chi connectivity index (χ4n) is 7.39. The van der Waals surface area contributed by atoms with Crippen LogP contribution >= 0.6 is 0 Å². The van der Waals surface area contributed by atoms with Gasteiger partial charge < -0.3 is 105 Å². The predicted molar refractivity (Wildman–Crippen MR) is 211 cm³/mol. The van der Waals surface area contributed by atoms with Gasteiger partial charge in [0, 0.05) is 33.7 Å². The van der Waals surface area contributed by atoms with Crippen LogP contribution < -0.4 is 27.0 Å². The predicted octanol–water partition coefficient (Wildman–Crippen LogP) is -4.64. The molecule has 0 spiro atoms. The van der Waals surface area contributed by atoms with E-state index in [0.717, 1.165) is 13.8 Å². The second-order valence-corrected chi connectivity index (χ2v) is 15.7. The number of ether oxygens (including phenoxy) is 9. The molecule has 0 bridgehead atoms. The first kappa shape index (κ1) is 52.8. The van der Waals surface area contributed by atoms with E-state index < -0.39 is 146 Å². The van der Waals surface area contributed by atoms with Crippen molar-refractivity contribution in [2.24, 2.45) is 5.73 Å². The Balaban J connectivity index is 1.60. The van der Waals surface area contributed by atoms with Crippen molar-refractivity contribution in [3.05, 3.63) is 11.5 Å². The van der Waals surface area contributed by atoms with E-state index in [1.54, 1.807) is 0 Å². The lowest BCUT2D eigenvalue weighted by atomic mass is 9.94. The van der Waals surface area contributed by atoms with Gasteiger partial charge in [-0.25, -0.2) is 4.79 Å². The molecule has 4 rings (SSSR count). The van der Waals surface area contributed by atoms with Crippen LogP contribution in [0.5, 0.6) is 0 Å². The van der Waals surface area contributed by atoms with Gasteiger partial charge in [0.2, 0.25) is 23.6 Å². The average Bonchev–Trinajstić information content (AvgIpc) is 3.22. The third kappa shape index (κ3) is 13.6. The van der Waals surface area contributed by atoms with E-state index >= 15 is 0 Å². The highest BCUT2D eigenvalue weighted by Gasteiger charge is 2.56. The zero-order valence-electron chi connectivity index (χ0n) is 36.3. The summed E-state index contributed by atoms with van der Waals surface area (Å²) in [5.41, 5.74) is 5.43. The molecule has 3 fully saturated rings. The van der Waals surface area contributed by atoms with E-state index in [1.165, 1.54) is 27.7 Å². The van der Waals surface area contributed by atoms with Crippen LogP contribution in [-0.2, 0) is 66.6 Å². The Morgan fingerprint density at radius 3 is 1.75 bits per heavy atom. The molecule has 26 heteroatoms. The number of carbonyl (C=O) groups excluding carboxylic acids is 4. The highest BCUT2D eigenvalue weighted by molar-refractivity contribution is 5.76. The molecule has 366 valence electrons. The number of carbonyl (C=O) groups is 5. The third-order valence-electron chi connectivity index (χ3n) is 10.6. The minimum atomic E-state index is -2.18.